The molecule has 1 heterocycles. The van der Waals surface area contributed by atoms with Crippen LogP contribution in [0.2, 0.25) is 6.04 Å². The first-order valence-corrected chi connectivity index (χ1v) is 7.38. The van der Waals surface area contributed by atoms with Gasteiger partial charge in [-0.15, -0.1) is 11.3 Å². The molecular weight excluding hydrogens is 278 g/mol. The van der Waals surface area contributed by atoms with E-state index in [2.05, 4.69) is 15.2 Å². The average molecular weight is 294 g/mol. The number of hydrogen-bond donors (Lipinski definition) is 0. The van der Waals surface area contributed by atoms with Gasteiger partial charge in [0.15, 0.2) is 5.01 Å². The molecule has 6 heteroatoms. The van der Waals surface area contributed by atoms with E-state index in [0.717, 1.165) is 15.2 Å². The van der Waals surface area contributed by atoms with Crippen molar-refractivity contribution in [2.45, 2.75) is 17.9 Å². The Balaban J connectivity index is 2.54. The average Bonchev–Trinajstić information content (AvgIpc) is 2.89. The molecular formula is C13H16NO3SSi. The molecule has 2 aromatic rings. The van der Waals surface area contributed by atoms with E-state index in [1.165, 1.54) is 0 Å². The van der Waals surface area contributed by atoms with Crippen LogP contribution in [0, 0.1) is 0 Å². The van der Waals surface area contributed by atoms with Gasteiger partial charge in [-0.25, -0.2) is 4.98 Å². The number of ether oxygens (including phenoxy) is 3. The third-order valence-electron chi connectivity index (χ3n) is 3.09. The molecule has 0 saturated heterocycles. The first-order chi connectivity index (χ1) is 9.21. The predicted molar refractivity (Wildman–Crippen MR) is 76.7 cm³/mol. The maximum Gasteiger partial charge on any atom is 0.248 e. The number of para-hydroxylation sites is 1. The largest absolute Gasteiger partial charge is 0.376 e. The molecule has 0 saturated carbocycles. The molecule has 4 nitrogen and oxygen atoms in total. The highest BCUT2D eigenvalue weighted by atomic mass is 32.1. The van der Waals surface area contributed by atoms with Gasteiger partial charge in [-0.3, -0.25) is 0 Å². The maximum absolute atomic E-state index is 5.62. The number of thiazole rings is 1. The van der Waals surface area contributed by atoms with E-state index in [9.17, 15) is 0 Å². The maximum atomic E-state index is 5.62. The van der Waals surface area contributed by atoms with Gasteiger partial charge < -0.3 is 14.2 Å². The fourth-order valence-corrected chi connectivity index (χ4v) is 3.65. The summed E-state index contributed by atoms with van der Waals surface area (Å²) < 4.78 is 17.8. The van der Waals surface area contributed by atoms with Crippen LogP contribution in [0.15, 0.2) is 24.3 Å². The minimum absolute atomic E-state index is 0.292. The molecule has 0 spiro atoms. The first-order valence-electron chi connectivity index (χ1n) is 5.85. The van der Waals surface area contributed by atoms with E-state index in [4.69, 9.17) is 14.2 Å². The number of fused-ring (bicyclic) bond motifs is 1. The molecule has 0 aliphatic carbocycles. The molecule has 1 atom stereocenters. The third kappa shape index (κ3) is 2.46. The van der Waals surface area contributed by atoms with Gasteiger partial charge in [-0.1, -0.05) is 12.1 Å². The van der Waals surface area contributed by atoms with E-state index in [-0.39, 0.29) is 6.10 Å². The predicted octanol–water partition coefficient (Wildman–Crippen LogP) is 2.34. The lowest BCUT2D eigenvalue weighted by Gasteiger charge is -2.34. The van der Waals surface area contributed by atoms with Gasteiger partial charge in [-0.2, -0.15) is 0 Å². The summed E-state index contributed by atoms with van der Waals surface area (Å²) in [6.45, 7) is 0. The van der Waals surface area contributed by atoms with Crippen LogP contribution in [-0.4, -0.2) is 42.7 Å². The monoisotopic (exact) mass is 294 g/mol. The van der Waals surface area contributed by atoms with Crippen LogP contribution >= 0.6 is 11.3 Å². The van der Waals surface area contributed by atoms with E-state index >= 15 is 0 Å². The van der Waals surface area contributed by atoms with Gasteiger partial charge in [0.2, 0.25) is 5.79 Å². The lowest BCUT2D eigenvalue weighted by molar-refractivity contribution is -0.269. The summed E-state index contributed by atoms with van der Waals surface area (Å²) in [6.07, 6.45) is -0.292. The molecule has 19 heavy (non-hydrogen) atoms. The van der Waals surface area contributed by atoms with E-state index in [1.807, 2.05) is 24.3 Å². The van der Waals surface area contributed by atoms with Gasteiger partial charge in [0.05, 0.1) is 10.2 Å². The van der Waals surface area contributed by atoms with Crippen molar-refractivity contribution < 1.29 is 14.2 Å². The van der Waals surface area contributed by atoms with Crippen LogP contribution in [0.3, 0.4) is 0 Å². The number of nitrogens with zero attached hydrogens (tertiary/aromatic N) is 1. The molecule has 101 valence electrons. The number of hydrogen-bond acceptors (Lipinski definition) is 5. The molecule has 1 aromatic heterocycles. The second kappa shape index (κ2) is 6.11. The Morgan fingerprint density at radius 2 is 1.95 bits per heavy atom. The third-order valence-corrected chi connectivity index (χ3v) is 4.60. The zero-order chi connectivity index (χ0) is 13.9. The molecule has 1 aromatic carbocycles. The van der Waals surface area contributed by atoms with Crippen LogP contribution in [0.4, 0.5) is 0 Å². The molecule has 2 rings (SSSR count). The van der Waals surface area contributed by atoms with E-state index in [0.29, 0.717) is 6.04 Å². The summed E-state index contributed by atoms with van der Waals surface area (Å²) in [6, 6.07) is 8.53. The Morgan fingerprint density at radius 1 is 1.26 bits per heavy atom. The highest BCUT2D eigenvalue weighted by Gasteiger charge is 2.43. The number of rotatable bonds is 6. The van der Waals surface area contributed by atoms with Gasteiger partial charge >= 0.3 is 0 Å². The van der Waals surface area contributed by atoms with Crippen LogP contribution < -0.4 is 0 Å². The minimum Gasteiger partial charge on any atom is -0.376 e. The number of aromatic nitrogens is 1. The summed E-state index contributed by atoms with van der Waals surface area (Å²) in [4.78, 5) is 4.61. The van der Waals surface area contributed by atoms with Crippen molar-refractivity contribution in [2.24, 2.45) is 0 Å². The summed E-state index contributed by atoms with van der Waals surface area (Å²) >= 11 is 1.55. The van der Waals surface area contributed by atoms with Gasteiger partial charge in [0.1, 0.15) is 6.10 Å². The van der Waals surface area contributed by atoms with Gasteiger partial charge in [0.25, 0.3) is 0 Å². The second-order valence-corrected chi connectivity index (χ2v) is 5.43. The fourth-order valence-electron chi connectivity index (χ4n) is 2.05. The summed E-state index contributed by atoms with van der Waals surface area (Å²) in [7, 11) is 8.31. The molecule has 0 aliphatic heterocycles. The molecule has 0 amide bonds. The van der Waals surface area contributed by atoms with E-state index < -0.39 is 5.79 Å². The number of methoxy groups -OCH3 is 3. The van der Waals surface area contributed by atoms with Gasteiger partial charge in [0, 0.05) is 31.6 Å². The molecule has 0 fully saturated rings. The Kier molecular flexibility index (Phi) is 4.70. The van der Waals surface area contributed by atoms with Crippen molar-refractivity contribution >= 4 is 31.8 Å². The molecule has 3 radical (unpaired) electrons. The minimum atomic E-state index is -1.000. The smallest absolute Gasteiger partial charge is 0.248 e. The normalized spacial score (nSPS) is 13.9. The SMILES string of the molecule is COC(C[Si])C(OC)(OC)c1nc2ccccc2s1. The van der Waals surface area contributed by atoms with Gasteiger partial charge in [-0.05, 0) is 18.2 Å². The highest BCUT2D eigenvalue weighted by molar-refractivity contribution is 7.18. The van der Waals surface area contributed by atoms with Crippen molar-refractivity contribution in [3.8, 4) is 0 Å². The quantitative estimate of drug-likeness (QED) is 0.606. The standard InChI is InChI=1S/C13H16NO3SSi/c1-15-11(8-19)13(16-2,17-3)12-14-9-6-4-5-7-10(9)18-12/h4-7,11H,8H2,1-3H3. The molecule has 0 N–H and O–H groups in total. The van der Waals surface area contributed by atoms with Crippen LogP contribution in [0.25, 0.3) is 10.2 Å². The summed E-state index contributed by atoms with van der Waals surface area (Å²) in [5.74, 6) is -1.000. The fraction of sp³-hybridized carbons (Fsp3) is 0.462. The van der Waals surface area contributed by atoms with Crippen LogP contribution in [-0.2, 0) is 20.0 Å². The van der Waals surface area contributed by atoms with E-state index in [1.54, 1.807) is 32.7 Å². The Hall–Kier alpha value is -0.793. The Labute approximate surface area is 120 Å². The van der Waals surface area contributed by atoms with Crippen molar-refractivity contribution in [3.63, 3.8) is 0 Å². The Bertz CT molecular complexity index is 504. The first kappa shape index (κ1) is 14.6. The lowest BCUT2D eigenvalue weighted by Crippen LogP contribution is -2.44. The molecule has 0 aliphatic rings. The summed E-state index contributed by atoms with van der Waals surface area (Å²) in [5.41, 5.74) is 0.935. The van der Waals surface area contributed by atoms with Crippen molar-refractivity contribution in [2.75, 3.05) is 21.3 Å². The molecule has 0 bridgehead atoms. The highest BCUT2D eigenvalue weighted by Crippen LogP contribution is 2.37. The number of benzene rings is 1. The molecule has 1 unspecified atom stereocenters. The summed E-state index contributed by atoms with van der Waals surface area (Å²) in [5, 5.41) is 0.754. The topological polar surface area (TPSA) is 40.6 Å². The second-order valence-electron chi connectivity index (χ2n) is 3.99. The van der Waals surface area contributed by atoms with Crippen molar-refractivity contribution in [1.29, 1.82) is 0 Å². The van der Waals surface area contributed by atoms with Crippen LogP contribution in [0.1, 0.15) is 5.01 Å². The van der Waals surface area contributed by atoms with Crippen molar-refractivity contribution in [1.82, 2.24) is 4.98 Å². The lowest BCUT2D eigenvalue weighted by atomic mass is 10.1. The Morgan fingerprint density at radius 3 is 2.47 bits per heavy atom. The van der Waals surface area contributed by atoms with Crippen LogP contribution in [0.5, 0.6) is 0 Å². The van der Waals surface area contributed by atoms with Crippen molar-refractivity contribution in [3.05, 3.63) is 29.3 Å². The zero-order valence-corrected chi connectivity index (χ0v) is 13.0. The zero-order valence-electron chi connectivity index (χ0n) is 11.2.